The van der Waals surface area contributed by atoms with Gasteiger partial charge in [0.15, 0.2) is 11.0 Å². The fourth-order valence-corrected chi connectivity index (χ4v) is 5.18. The second-order valence-corrected chi connectivity index (χ2v) is 8.57. The molecule has 2 aromatic carbocycles. The molecule has 2 heterocycles. The molecule has 0 saturated carbocycles. The molecule has 0 bridgehead atoms. The number of ether oxygens (including phenoxy) is 1. The Morgan fingerprint density at radius 3 is 2.61 bits per heavy atom. The third-order valence-electron chi connectivity index (χ3n) is 5.78. The minimum absolute atomic E-state index is 0.308. The molecule has 158 valence electrons. The topological polar surface area (TPSA) is 70.2 Å². The number of nitrogens with zero attached hydrogens (tertiary/aromatic N) is 3. The van der Waals surface area contributed by atoms with E-state index in [1.165, 1.54) is 11.1 Å². The van der Waals surface area contributed by atoms with Crippen molar-refractivity contribution in [2.24, 2.45) is 0 Å². The van der Waals surface area contributed by atoms with Crippen LogP contribution in [-0.4, -0.2) is 21.9 Å². The van der Waals surface area contributed by atoms with Crippen LogP contribution in [0.1, 0.15) is 30.0 Å². The van der Waals surface area contributed by atoms with Gasteiger partial charge in [0.05, 0.1) is 7.11 Å². The Bertz CT molecular complexity index is 1310. The van der Waals surface area contributed by atoms with Crippen molar-refractivity contribution >= 4 is 22.7 Å². The first-order valence-corrected chi connectivity index (χ1v) is 11.4. The summed E-state index contributed by atoms with van der Waals surface area (Å²) in [5.74, 6) is 2.26. The second kappa shape index (κ2) is 8.23. The van der Waals surface area contributed by atoms with Crippen molar-refractivity contribution < 1.29 is 9.15 Å². The SMILES string of the molecule is CCn1c(SCc2cc(=O)oc3cc4c(cc23)CCC4)nnc1-c1ccc(OC)cc1. The molecule has 1 aliphatic rings. The number of aryl methyl sites for hydroxylation is 2. The Balaban J connectivity index is 1.45. The third-order valence-corrected chi connectivity index (χ3v) is 6.80. The summed E-state index contributed by atoms with van der Waals surface area (Å²) in [5.41, 5.74) is 5.00. The van der Waals surface area contributed by atoms with Crippen molar-refractivity contribution in [1.82, 2.24) is 14.8 Å². The van der Waals surface area contributed by atoms with Crippen LogP contribution in [-0.2, 0) is 25.1 Å². The number of rotatable bonds is 6. The van der Waals surface area contributed by atoms with Crippen LogP contribution in [0.5, 0.6) is 5.75 Å². The summed E-state index contributed by atoms with van der Waals surface area (Å²) in [6.07, 6.45) is 3.31. The third kappa shape index (κ3) is 3.74. The van der Waals surface area contributed by atoms with Gasteiger partial charge in [0.2, 0.25) is 0 Å². The smallest absolute Gasteiger partial charge is 0.336 e. The van der Waals surface area contributed by atoms with E-state index in [9.17, 15) is 4.79 Å². The molecule has 7 heteroatoms. The van der Waals surface area contributed by atoms with Crippen molar-refractivity contribution in [1.29, 1.82) is 0 Å². The molecule has 0 aliphatic heterocycles. The van der Waals surface area contributed by atoms with Crippen LogP contribution < -0.4 is 10.4 Å². The zero-order valence-electron chi connectivity index (χ0n) is 17.6. The Morgan fingerprint density at radius 2 is 1.87 bits per heavy atom. The van der Waals surface area contributed by atoms with Gasteiger partial charge in [-0.3, -0.25) is 0 Å². The first-order valence-electron chi connectivity index (χ1n) is 10.4. The number of hydrogen-bond donors (Lipinski definition) is 0. The van der Waals surface area contributed by atoms with E-state index in [-0.39, 0.29) is 5.63 Å². The van der Waals surface area contributed by atoms with E-state index < -0.39 is 0 Å². The van der Waals surface area contributed by atoms with Crippen LogP contribution in [0.25, 0.3) is 22.4 Å². The molecule has 1 aliphatic carbocycles. The maximum Gasteiger partial charge on any atom is 0.336 e. The number of thioether (sulfide) groups is 1. The maximum atomic E-state index is 12.2. The minimum atomic E-state index is -0.308. The molecule has 0 fully saturated rings. The lowest BCUT2D eigenvalue weighted by molar-refractivity contribution is 0.415. The Labute approximate surface area is 184 Å². The van der Waals surface area contributed by atoms with Crippen molar-refractivity contribution in [2.45, 2.75) is 43.6 Å². The van der Waals surface area contributed by atoms with Crippen LogP contribution >= 0.6 is 11.8 Å². The van der Waals surface area contributed by atoms with Crippen molar-refractivity contribution in [3.63, 3.8) is 0 Å². The Morgan fingerprint density at radius 1 is 1.10 bits per heavy atom. The normalized spacial score (nSPS) is 13.0. The minimum Gasteiger partial charge on any atom is -0.497 e. The molecule has 5 rings (SSSR count). The van der Waals surface area contributed by atoms with Gasteiger partial charge >= 0.3 is 5.63 Å². The highest BCUT2D eigenvalue weighted by molar-refractivity contribution is 7.98. The maximum absolute atomic E-state index is 12.2. The molecule has 6 nitrogen and oxygen atoms in total. The number of hydrogen-bond acceptors (Lipinski definition) is 6. The quantitative estimate of drug-likeness (QED) is 0.319. The summed E-state index contributed by atoms with van der Waals surface area (Å²) in [6, 6.07) is 13.7. The van der Waals surface area contributed by atoms with E-state index >= 15 is 0 Å². The standard InChI is InChI=1S/C24H23N3O3S/c1-3-27-23(15-7-9-19(29-2)10-8-15)25-26-24(27)31-14-18-13-22(28)30-21-12-17-6-4-5-16(17)11-20(18)21/h7-13H,3-6,14H2,1-2H3. The fraction of sp³-hybridized carbons (Fsp3) is 0.292. The molecule has 0 saturated heterocycles. The van der Waals surface area contributed by atoms with E-state index in [1.807, 2.05) is 30.3 Å². The van der Waals surface area contributed by atoms with Crippen LogP contribution in [0.4, 0.5) is 0 Å². The molecule has 0 spiro atoms. The first-order chi connectivity index (χ1) is 15.2. The lowest BCUT2D eigenvalue weighted by Gasteiger charge is -2.10. The van der Waals surface area contributed by atoms with Crippen molar-refractivity contribution in [3.8, 4) is 17.1 Å². The largest absolute Gasteiger partial charge is 0.497 e. The summed E-state index contributed by atoms with van der Waals surface area (Å²) >= 11 is 1.59. The monoisotopic (exact) mass is 433 g/mol. The summed E-state index contributed by atoms with van der Waals surface area (Å²) in [6.45, 7) is 2.83. The highest BCUT2D eigenvalue weighted by atomic mass is 32.2. The van der Waals surface area contributed by atoms with Gasteiger partial charge in [-0.1, -0.05) is 11.8 Å². The molecule has 2 aromatic heterocycles. The summed E-state index contributed by atoms with van der Waals surface area (Å²) in [4.78, 5) is 12.2. The van der Waals surface area contributed by atoms with E-state index in [2.05, 4.69) is 27.8 Å². The van der Waals surface area contributed by atoms with Gasteiger partial charge in [-0.15, -0.1) is 10.2 Å². The van der Waals surface area contributed by atoms with Crippen molar-refractivity contribution in [2.75, 3.05) is 7.11 Å². The predicted octanol–water partition coefficient (Wildman–Crippen LogP) is 4.86. The molecular formula is C24H23N3O3S. The number of aromatic nitrogens is 3. The van der Waals surface area contributed by atoms with Crippen LogP contribution in [0.2, 0.25) is 0 Å². The molecule has 4 aromatic rings. The lowest BCUT2D eigenvalue weighted by Crippen LogP contribution is -2.02. The van der Waals surface area contributed by atoms with E-state index in [1.54, 1.807) is 24.9 Å². The molecule has 0 N–H and O–H groups in total. The molecule has 0 amide bonds. The van der Waals surface area contributed by atoms with Crippen LogP contribution in [0, 0.1) is 0 Å². The fourth-order valence-electron chi connectivity index (χ4n) is 4.19. The van der Waals surface area contributed by atoms with Crippen LogP contribution in [0.3, 0.4) is 0 Å². The van der Waals surface area contributed by atoms with Crippen molar-refractivity contribution in [3.05, 3.63) is 69.6 Å². The molecule has 31 heavy (non-hydrogen) atoms. The second-order valence-electron chi connectivity index (χ2n) is 7.63. The summed E-state index contributed by atoms with van der Waals surface area (Å²) < 4.78 is 12.8. The zero-order chi connectivity index (χ0) is 21.4. The molecule has 0 radical (unpaired) electrons. The average Bonchev–Trinajstić information content (AvgIpc) is 3.42. The van der Waals surface area contributed by atoms with Gasteiger partial charge in [0, 0.05) is 29.3 Å². The van der Waals surface area contributed by atoms with Crippen LogP contribution in [0.15, 0.2) is 56.8 Å². The average molecular weight is 434 g/mol. The van der Waals surface area contributed by atoms with Gasteiger partial charge < -0.3 is 13.7 Å². The van der Waals surface area contributed by atoms with E-state index in [0.29, 0.717) is 11.3 Å². The summed E-state index contributed by atoms with van der Waals surface area (Å²) in [7, 11) is 1.65. The van der Waals surface area contributed by atoms with Gasteiger partial charge in [0.1, 0.15) is 11.3 Å². The summed E-state index contributed by atoms with van der Waals surface area (Å²) in [5, 5.41) is 10.7. The Kier molecular flexibility index (Phi) is 5.28. The molecular weight excluding hydrogens is 410 g/mol. The lowest BCUT2D eigenvalue weighted by atomic mass is 10.0. The first kappa shape index (κ1) is 19.9. The number of fused-ring (bicyclic) bond motifs is 2. The van der Waals surface area contributed by atoms with Gasteiger partial charge in [-0.2, -0.15) is 0 Å². The Hall–Kier alpha value is -3.06. The highest BCUT2D eigenvalue weighted by Crippen LogP contribution is 2.32. The van der Waals surface area contributed by atoms with E-state index in [4.69, 9.17) is 9.15 Å². The van der Waals surface area contributed by atoms with Gasteiger partial charge in [0.25, 0.3) is 0 Å². The van der Waals surface area contributed by atoms with E-state index in [0.717, 1.165) is 59.1 Å². The number of methoxy groups -OCH3 is 1. The zero-order valence-corrected chi connectivity index (χ0v) is 18.4. The van der Waals surface area contributed by atoms with Gasteiger partial charge in [-0.05, 0) is 79.3 Å². The highest BCUT2D eigenvalue weighted by Gasteiger charge is 2.17. The number of benzene rings is 2. The predicted molar refractivity (Wildman–Crippen MR) is 122 cm³/mol. The molecule has 0 unspecified atom stereocenters. The molecule has 0 atom stereocenters. The van der Waals surface area contributed by atoms with Gasteiger partial charge in [-0.25, -0.2) is 4.79 Å².